The molecule has 2 aliphatic rings. The van der Waals surface area contributed by atoms with Gasteiger partial charge in [0.15, 0.2) is 0 Å². The minimum atomic E-state index is 0.283. The van der Waals surface area contributed by atoms with E-state index in [2.05, 4.69) is 47.3 Å². The molecule has 4 rings (SSSR count). The van der Waals surface area contributed by atoms with Gasteiger partial charge in [-0.15, -0.1) is 5.10 Å². The number of aromatic nitrogens is 3. The fourth-order valence-corrected chi connectivity index (χ4v) is 2.95. The summed E-state index contributed by atoms with van der Waals surface area (Å²) < 4.78 is 7.55. The van der Waals surface area contributed by atoms with Crippen molar-refractivity contribution in [2.24, 2.45) is 5.92 Å². The van der Waals surface area contributed by atoms with Gasteiger partial charge in [0.25, 0.3) is 0 Å². The Morgan fingerprint density at radius 2 is 2.22 bits per heavy atom. The number of aryl methyl sites for hydroxylation is 1. The van der Waals surface area contributed by atoms with Gasteiger partial charge < -0.3 is 4.74 Å². The SMILES string of the molecule is Cc1cc(C#CC2CC2)ccc1-c1cn(C[C@H]2CCCO2)nn1. The van der Waals surface area contributed by atoms with Crippen LogP contribution in [0.4, 0.5) is 0 Å². The van der Waals surface area contributed by atoms with E-state index in [1.165, 1.54) is 18.4 Å². The first kappa shape index (κ1) is 14.5. The number of hydrogen-bond donors (Lipinski definition) is 0. The lowest BCUT2D eigenvalue weighted by Crippen LogP contribution is -2.15. The number of ether oxygens (including phenoxy) is 1. The predicted octanol–water partition coefficient (Wildman–Crippen LogP) is 3.19. The molecule has 0 N–H and O–H groups in total. The molecule has 1 saturated heterocycles. The van der Waals surface area contributed by atoms with E-state index in [9.17, 15) is 0 Å². The molecule has 0 spiro atoms. The second-order valence-corrected chi connectivity index (χ2v) is 6.53. The maximum atomic E-state index is 5.66. The van der Waals surface area contributed by atoms with E-state index in [0.717, 1.165) is 42.8 Å². The Morgan fingerprint density at radius 1 is 1.30 bits per heavy atom. The molecule has 1 atom stereocenters. The number of nitrogens with zero attached hydrogens (tertiary/aromatic N) is 3. The molecule has 1 aromatic heterocycles. The zero-order chi connectivity index (χ0) is 15.6. The van der Waals surface area contributed by atoms with E-state index in [1.54, 1.807) is 0 Å². The van der Waals surface area contributed by atoms with Gasteiger partial charge in [-0.2, -0.15) is 0 Å². The van der Waals surface area contributed by atoms with Crippen LogP contribution in [0.1, 0.15) is 36.8 Å². The lowest BCUT2D eigenvalue weighted by Gasteiger charge is -2.07. The zero-order valence-corrected chi connectivity index (χ0v) is 13.5. The van der Waals surface area contributed by atoms with Gasteiger partial charge in [0.05, 0.1) is 18.8 Å². The predicted molar refractivity (Wildman–Crippen MR) is 88.8 cm³/mol. The highest BCUT2D eigenvalue weighted by molar-refractivity contribution is 5.64. The Kier molecular flexibility index (Phi) is 3.88. The van der Waals surface area contributed by atoms with Crippen LogP contribution in [0, 0.1) is 24.7 Å². The monoisotopic (exact) mass is 307 g/mol. The number of rotatable bonds is 3. The quantitative estimate of drug-likeness (QED) is 0.818. The molecule has 1 aromatic carbocycles. The van der Waals surface area contributed by atoms with E-state index in [1.807, 2.05) is 10.9 Å². The summed E-state index contributed by atoms with van der Waals surface area (Å²) in [4.78, 5) is 0. The number of benzene rings is 1. The Balaban J connectivity index is 1.51. The Hall–Kier alpha value is -2.12. The van der Waals surface area contributed by atoms with Crippen molar-refractivity contribution in [3.05, 3.63) is 35.5 Å². The average Bonchev–Trinajstić information content (AvgIpc) is 3.03. The minimum absolute atomic E-state index is 0.283. The smallest absolute Gasteiger partial charge is 0.113 e. The van der Waals surface area contributed by atoms with Gasteiger partial charge in [-0.05, 0) is 50.3 Å². The summed E-state index contributed by atoms with van der Waals surface area (Å²) in [6.45, 7) is 3.77. The highest BCUT2D eigenvalue weighted by Gasteiger charge is 2.18. The molecule has 0 bridgehead atoms. The highest BCUT2D eigenvalue weighted by Crippen LogP contribution is 2.28. The van der Waals surface area contributed by atoms with Crippen LogP contribution in [0.2, 0.25) is 0 Å². The average molecular weight is 307 g/mol. The van der Waals surface area contributed by atoms with Crippen molar-refractivity contribution >= 4 is 0 Å². The highest BCUT2D eigenvalue weighted by atomic mass is 16.5. The maximum absolute atomic E-state index is 5.66. The van der Waals surface area contributed by atoms with Crippen LogP contribution >= 0.6 is 0 Å². The van der Waals surface area contributed by atoms with Gasteiger partial charge in [0.2, 0.25) is 0 Å². The largest absolute Gasteiger partial charge is 0.376 e. The van der Waals surface area contributed by atoms with E-state index < -0.39 is 0 Å². The molecule has 1 saturated carbocycles. The van der Waals surface area contributed by atoms with E-state index in [0.29, 0.717) is 5.92 Å². The van der Waals surface area contributed by atoms with Crippen LogP contribution in [0.25, 0.3) is 11.3 Å². The summed E-state index contributed by atoms with van der Waals surface area (Å²) in [5, 5.41) is 8.57. The summed E-state index contributed by atoms with van der Waals surface area (Å²) in [5.41, 5.74) is 4.32. The molecule has 1 aliphatic carbocycles. The van der Waals surface area contributed by atoms with Crippen LogP contribution in [0.5, 0.6) is 0 Å². The molecule has 0 unspecified atom stereocenters. The minimum Gasteiger partial charge on any atom is -0.376 e. The summed E-state index contributed by atoms with van der Waals surface area (Å²) in [6, 6.07) is 6.33. The van der Waals surface area contributed by atoms with Crippen LogP contribution in [0.3, 0.4) is 0 Å². The van der Waals surface area contributed by atoms with E-state index in [-0.39, 0.29) is 6.10 Å². The third-order valence-corrected chi connectivity index (χ3v) is 4.45. The summed E-state index contributed by atoms with van der Waals surface area (Å²) in [6.07, 6.45) is 7.08. The topological polar surface area (TPSA) is 39.9 Å². The standard InChI is InChI=1S/C19H21N3O/c1-14-11-16(7-6-15-4-5-15)8-9-18(14)19-13-22(21-20-19)12-17-3-2-10-23-17/h8-9,11,13,15,17H,2-5,10,12H2,1H3/t17-/m1/s1. The van der Waals surface area contributed by atoms with Crippen molar-refractivity contribution in [1.29, 1.82) is 0 Å². The molecule has 4 nitrogen and oxygen atoms in total. The van der Waals surface area contributed by atoms with Crippen LogP contribution in [-0.4, -0.2) is 27.7 Å². The second-order valence-electron chi connectivity index (χ2n) is 6.53. The first-order chi connectivity index (χ1) is 11.3. The molecule has 0 radical (unpaired) electrons. The van der Waals surface area contributed by atoms with Crippen LogP contribution in [-0.2, 0) is 11.3 Å². The first-order valence-corrected chi connectivity index (χ1v) is 8.42. The van der Waals surface area contributed by atoms with Gasteiger partial charge in [0.1, 0.15) is 5.69 Å². The first-order valence-electron chi connectivity index (χ1n) is 8.42. The fraction of sp³-hybridized carbons (Fsp3) is 0.474. The fourth-order valence-electron chi connectivity index (χ4n) is 2.95. The van der Waals surface area contributed by atoms with Crippen LogP contribution in [0.15, 0.2) is 24.4 Å². The summed E-state index contributed by atoms with van der Waals surface area (Å²) in [5.74, 6) is 7.21. The van der Waals surface area contributed by atoms with Crippen LogP contribution < -0.4 is 0 Å². The molecule has 2 fully saturated rings. The van der Waals surface area contributed by atoms with Crippen molar-refractivity contribution in [3.8, 4) is 23.1 Å². The Bertz CT molecular complexity index is 758. The third-order valence-electron chi connectivity index (χ3n) is 4.45. The molecular weight excluding hydrogens is 286 g/mol. The Labute approximate surface area is 136 Å². The van der Waals surface area contributed by atoms with E-state index >= 15 is 0 Å². The van der Waals surface area contributed by atoms with E-state index in [4.69, 9.17) is 4.74 Å². The van der Waals surface area contributed by atoms with Crippen molar-refractivity contribution in [2.75, 3.05) is 6.61 Å². The number of hydrogen-bond acceptors (Lipinski definition) is 3. The Morgan fingerprint density at radius 3 is 2.96 bits per heavy atom. The second kappa shape index (κ2) is 6.17. The van der Waals surface area contributed by atoms with Gasteiger partial charge in [-0.3, -0.25) is 0 Å². The molecule has 23 heavy (non-hydrogen) atoms. The van der Waals surface area contributed by atoms with Crippen molar-refractivity contribution in [3.63, 3.8) is 0 Å². The van der Waals surface area contributed by atoms with Gasteiger partial charge in [-0.25, -0.2) is 4.68 Å². The maximum Gasteiger partial charge on any atom is 0.113 e. The molecule has 4 heteroatoms. The lowest BCUT2D eigenvalue weighted by molar-refractivity contribution is 0.0935. The van der Waals surface area contributed by atoms with Gasteiger partial charge >= 0.3 is 0 Å². The zero-order valence-electron chi connectivity index (χ0n) is 13.5. The van der Waals surface area contributed by atoms with Crippen molar-refractivity contribution in [1.82, 2.24) is 15.0 Å². The van der Waals surface area contributed by atoms with Crippen molar-refractivity contribution < 1.29 is 4.74 Å². The summed E-state index contributed by atoms with van der Waals surface area (Å²) >= 11 is 0. The molecule has 0 amide bonds. The lowest BCUT2D eigenvalue weighted by atomic mass is 10.0. The molecule has 2 heterocycles. The summed E-state index contributed by atoms with van der Waals surface area (Å²) in [7, 11) is 0. The molecular formula is C19H21N3O. The molecule has 118 valence electrons. The van der Waals surface area contributed by atoms with Crippen molar-refractivity contribution in [2.45, 2.75) is 45.3 Å². The normalized spacial score (nSPS) is 20.3. The van der Waals surface area contributed by atoms with Gasteiger partial charge in [0, 0.05) is 23.7 Å². The molecule has 2 aromatic rings. The molecule has 1 aliphatic heterocycles. The van der Waals surface area contributed by atoms with Gasteiger partial charge in [-0.1, -0.05) is 23.1 Å². The third kappa shape index (κ3) is 3.46.